The summed E-state index contributed by atoms with van der Waals surface area (Å²) in [4.78, 5) is 17.8. The van der Waals surface area contributed by atoms with Gasteiger partial charge in [-0.05, 0) is 76.4 Å². The Balaban J connectivity index is 1.47. The summed E-state index contributed by atoms with van der Waals surface area (Å²) in [5.74, 6) is 0.167. The van der Waals surface area contributed by atoms with Crippen molar-refractivity contribution in [3.05, 3.63) is 47.7 Å². The van der Waals surface area contributed by atoms with Crippen LogP contribution in [0.15, 0.2) is 36.4 Å². The van der Waals surface area contributed by atoms with E-state index in [0.29, 0.717) is 6.04 Å². The fourth-order valence-corrected chi connectivity index (χ4v) is 4.22. The molecule has 5 heteroatoms. The molecule has 2 aromatic rings. The van der Waals surface area contributed by atoms with Gasteiger partial charge in [0.2, 0.25) is 0 Å². The van der Waals surface area contributed by atoms with E-state index in [1.807, 2.05) is 43.3 Å². The molecule has 0 radical (unpaired) electrons. The molecule has 142 valence electrons. The standard InChI is InChI=1S/C22H28N4O/c1-17-7-12-21(24-23-17)18-8-10-19(11-9-18)22(27)26-15-3-2-6-20(26)16-25-13-4-5-14-25/h7-12,20H,2-6,13-16H2,1H3/t20-/m0/s1. The van der Waals surface area contributed by atoms with E-state index in [9.17, 15) is 4.79 Å². The molecule has 0 spiro atoms. The lowest BCUT2D eigenvalue weighted by Crippen LogP contribution is -2.49. The zero-order chi connectivity index (χ0) is 18.6. The zero-order valence-corrected chi connectivity index (χ0v) is 16.1. The average Bonchev–Trinajstić information content (AvgIpc) is 3.22. The van der Waals surface area contributed by atoms with Crippen molar-refractivity contribution in [3.8, 4) is 11.3 Å². The van der Waals surface area contributed by atoms with Crippen LogP contribution in [-0.2, 0) is 0 Å². The molecule has 2 fully saturated rings. The largest absolute Gasteiger partial charge is 0.334 e. The van der Waals surface area contributed by atoms with Gasteiger partial charge in [0, 0.05) is 30.3 Å². The van der Waals surface area contributed by atoms with Crippen molar-refractivity contribution in [3.63, 3.8) is 0 Å². The molecule has 0 N–H and O–H groups in total. The molecule has 4 rings (SSSR count). The summed E-state index contributed by atoms with van der Waals surface area (Å²) in [7, 11) is 0. The lowest BCUT2D eigenvalue weighted by Gasteiger charge is -2.38. The molecule has 2 aliphatic rings. The van der Waals surface area contributed by atoms with E-state index in [2.05, 4.69) is 20.0 Å². The SMILES string of the molecule is Cc1ccc(-c2ccc(C(=O)N3CCCC[C@H]3CN3CCCC3)cc2)nn1. The van der Waals surface area contributed by atoms with Gasteiger partial charge < -0.3 is 9.80 Å². The normalized spacial score (nSPS) is 20.8. The van der Waals surface area contributed by atoms with Crippen molar-refractivity contribution in [2.45, 2.75) is 45.1 Å². The molecule has 27 heavy (non-hydrogen) atoms. The van der Waals surface area contributed by atoms with E-state index in [4.69, 9.17) is 0 Å². The van der Waals surface area contributed by atoms with Crippen LogP contribution in [0, 0.1) is 6.92 Å². The van der Waals surface area contributed by atoms with Crippen molar-refractivity contribution < 1.29 is 4.79 Å². The number of carbonyl (C=O) groups excluding carboxylic acids is 1. The third kappa shape index (κ3) is 4.19. The van der Waals surface area contributed by atoms with Crippen molar-refractivity contribution in [2.24, 2.45) is 0 Å². The number of carbonyl (C=O) groups is 1. The maximum atomic E-state index is 13.2. The van der Waals surface area contributed by atoms with Crippen LogP contribution in [0.5, 0.6) is 0 Å². The Labute approximate surface area is 161 Å². The number of hydrogen-bond acceptors (Lipinski definition) is 4. The van der Waals surface area contributed by atoms with E-state index in [1.54, 1.807) is 0 Å². The second kappa shape index (κ2) is 8.17. The summed E-state index contributed by atoms with van der Waals surface area (Å²) in [6, 6.07) is 12.1. The van der Waals surface area contributed by atoms with Crippen LogP contribution in [0.3, 0.4) is 0 Å². The first-order chi connectivity index (χ1) is 13.2. The lowest BCUT2D eigenvalue weighted by atomic mass is 9.99. The Morgan fingerprint density at radius 3 is 2.41 bits per heavy atom. The first kappa shape index (κ1) is 18.1. The Morgan fingerprint density at radius 1 is 0.963 bits per heavy atom. The molecule has 3 heterocycles. The Hall–Kier alpha value is -2.27. The molecule has 1 aromatic heterocycles. The molecule has 2 saturated heterocycles. The van der Waals surface area contributed by atoms with E-state index < -0.39 is 0 Å². The van der Waals surface area contributed by atoms with E-state index in [0.717, 1.165) is 48.4 Å². The second-order valence-electron chi connectivity index (χ2n) is 7.79. The predicted octanol–water partition coefficient (Wildman–Crippen LogP) is 3.54. The Bertz CT molecular complexity index is 766. The van der Waals surface area contributed by atoms with Crippen molar-refractivity contribution in [1.82, 2.24) is 20.0 Å². The molecule has 2 aliphatic heterocycles. The van der Waals surface area contributed by atoms with Gasteiger partial charge in [0.15, 0.2) is 0 Å². The topological polar surface area (TPSA) is 49.3 Å². The predicted molar refractivity (Wildman–Crippen MR) is 107 cm³/mol. The smallest absolute Gasteiger partial charge is 0.254 e. The van der Waals surface area contributed by atoms with E-state index >= 15 is 0 Å². The number of likely N-dealkylation sites (tertiary alicyclic amines) is 2. The molecule has 0 aliphatic carbocycles. The maximum Gasteiger partial charge on any atom is 0.254 e. The van der Waals surface area contributed by atoms with Crippen LogP contribution in [0.2, 0.25) is 0 Å². The van der Waals surface area contributed by atoms with Gasteiger partial charge in [0.05, 0.1) is 11.4 Å². The lowest BCUT2D eigenvalue weighted by molar-refractivity contribution is 0.0560. The number of amides is 1. The Morgan fingerprint density at radius 2 is 1.70 bits per heavy atom. The van der Waals surface area contributed by atoms with Gasteiger partial charge in [-0.15, -0.1) is 0 Å². The number of aryl methyl sites for hydroxylation is 1. The van der Waals surface area contributed by atoms with Crippen LogP contribution in [0.25, 0.3) is 11.3 Å². The van der Waals surface area contributed by atoms with Gasteiger partial charge in [-0.25, -0.2) is 0 Å². The monoisotopic (exact) mass is 364 g/mol. The van der Waals surface area contributed by atoms with Crippen LogP contribution in [-0.4, -0.2) is 58.1 Å². The number of aromatic nitrogens is 2. The molecular formula is C22H28N4O. The average molecular weight is 364 g/mol. The third-order valence-electron chi connectivity index (χ3n) is 5.78. The molecular weight excluding hydrogens is 336 g/mol. The van der Waals surface area contributed by atoms with E-state index in [-0.39, 0.29) is 5.91 Å². The number of rotatable bonds is 4. The van der Waals surface area contributed by atoms with Gasteiger partial charge >= 0.3 is 0 Å². The molecule has 1 aromatic carbocycles. The molecule has 0 unspecified atom stereocenters. The summed E-state index contributed by atoms with van der Waals surface area (Å²) in [5, 5.41) is 8.35. The first-order valence-corrected chi connectivity index (χ1v) is 10.1. The minimum Gasteiger partial charge on any atom is -0.334 e. The highest BCUT2D eigenvalue weighted by Crippen LogP contribution is 2.23. The van der Waals surface area contributed by atoms with Gasteiger partial charge in [-0.3, -0.25) is 4.79 Å². The summed E-state index contributed by atoms with van der Waals surface area (Å²) >= 11 is 0. The molecule has 0 saturated carbocycles. The van der Waals surface area contributed by atoms with Gasteiger partial charge in [0.25, 0.3) is 5.91 Å². The quantitative estimate of drug-likeness (QED) is 0.833. The Kier molecular flexibility index (Phi) is 5.48. The molecule has 1 amide bonds. The highest BCUT2D eigenvalue weighted by atomic mass is 16.2. The molecule has 1 atom stereocenters. The fraction of sp³-hybridized carbons (Fsp3) is 0.500. The number of nitrogens with zero attached hydrogens (tertiary/aromatic N) is 4. The van der Waals surface area contributed by atoms with Gasteiger partial charge in [-0.2, -0.15) is 10.2 Å². The summed E-state index contributed by atoms with van der Waals surface area (Å²) in [5.41, 5.74) is 3.50. The minimum absolute atomic E-state index is 0.167. The molecule has 0 bridgehead atoms. The summed E-state index contributed by atoms with van der Waals surface area (Å²) in [6.07, 6.45) is 6.06. The van der Waals surface area contributed by atoms with Crippen LogP contribution in [0.1, 0.15) is 48.2 Å². The van der Waals surface area contributed by atoms with Gasteiger partial charge in [0.1, 0.15) is 0 Å². The van der Waals surface area contributed by atoms with Crippen LogP contribution in [0.4, 0.5) is 0 Å². The zero-order valence-electron chi connectivity index (χ0n) is 16.1. The molecule has 5 nitrogen and oxygen atoms in total. The van der Waals surface area contributed by atoms with Crippen LogP contribution < -0.4 is 0 Å². The fourth-order valence-electron chi connectivity index (χ4n) is 4.22. The minimum atomic E-state index is 0.167. The number of piperidine rings is 1. The maximum absolute atomic E-state index is 13.2. The summed E-state index contributed by atoms with van der Waals surface area (Å²) < 4.78 is 0. The van der Waals surface area contributed by atoms with E-state index in [1.165, 1.54) is 32.4 Å². The first-order valence-electron chi connectivity index (χ1n) is 10.1. The highest BCUT2D eigenvalue weighted by molar-refractivity contribution is 5.95. The van der Waals surface area contributed by atoms with Crippen LogP contribution >= 0.6 is 0 Å². The van der Waals surface area contributed by atoms with Crippen molar-refractivity contribution >= 4 is 5.91 Å². The third-order valence-corrected chi connectivity index (χ3v) is 5.78. The van der Waals surface area contributed by atoms with Crippen molar-refractivity contribution in [1.29, 1.82) is 0 Å². The number of hydrogen-bond donors (Lipinski definition) is 0. The van der Waals surface area contributed by atoms with Crippen molar-refractivity contribution in [2.75, 3.05) is 26.2 Å². The number of benzene rings is 1. The highest BCUT2D eigenvalue weighted by Gasteiger charge is 2.29. The summed E-state index contributed by atoms with van der Waals surface area (Å²) in [6.45, 7) is 6.21. The second-order valence-corrected chi connectivity index (χ2v) is 7.79. The van der Waals surface area contributed by atoms with Gasteiger partial charge in [-0.1, -0.05) is 12.1 Å².